The van der Waals surface area contributed by atoms with E-state index in [0.717, 1.165) is 16.0 Å². The lowest BCUT2D eigenvalue weighted by Crippen LogP contribution is -2.15. The van der Waals surface area contributed by atoms with Crippen LogP contribution in [0.5, 0.6) is 5.88 Å². The minimum atomic E-state index is 0.120. The van der Waals surface area contributed by atoms with Gasteiger partial charge in [-0.2, -0.15) is 0 Å². The zero-order chi connectivity index (χ0) is 13.7. The zero-order valence-corrected chi connectivity index (χ0v) is 12.6. The summed E-state index contributed by atoms with van der Waals surface area (Å²) in [5.41, 5.74) is 1.04. The second-order valence-corrected chi connectivity index (χ2v) is 5.23. The fourth-order valence-corrected chi connectivity index (χ4v) is 2.00. The van der Waals surface area contributed by atoms with Gasteiger partial charge < -0.3 is 14.5 Å². The smallest absolute Gasteiger partial charge is 0.218 e. The molecule has 1 N–H and O–H groups in total. The van der Waals surface area contributed by atoms with Crippen LogP contribution in [0.1, 0.15) is 25.2 Å². The molecule has 19 heavy (non-hydrogen) atoms. The van der Waals surface area contributed by atoms with Crippen molar-refractivity contribution < 1.29 is 9.15 Å². The van der Waals surface area contributed by atoms with Gasteiger partial charge in [0.1, 0.15) is 5.76 Å². The number of hydrogen-bond acceptors (Lipinski definition) is 4. The van der Waals surface area contributed by atoms with Gasteiger partial charge in [0, 0.05) is 18.3 Å². The molecular formula is C14H17BrN2O2. The summed E-state index contributed by atoms with van der Waals surface area (Å²) in [5, 5.41) is 3.31. The molecule has 0 spiro atoms. The van der Waals surface area contributed by atoms with Crippen LogP contribution in [-0.4, -0.2) is 11.1 Å². The van der Waals surface area contributed by atoms with E-state index in [2.05, 4.69) is 26.2 Å². The maximum atomic E-state index is 5.67. The van der Waals surface area contributed by atoms with Gasteiger partial charge >= 0.3 is 0 Å². The SMILES string of the molecule is CC(C)Oc1ncccc1CNCc1ccc(Br)o1. The molecule has 2 heterocycles. The van der Waals surface area contributed by atoms with Crippen molar-refractivity contribution in [3.8, 4) is 5.88 Å². The first-order chi connectivity index (χ1) is 9.15. The van der Waals surface area contributed by atoms with E-state index in [1.807, 2.05) is 38.1 Å². The minimum Gasteiger partial charge on any atom is -0.475 e. The third kappa shape index (κ3) is 4.36. The van der Waals surface area contributed by atoms with Crippen LogP contribution in [0.3, 0.4) is 0 Å². The van der Waals surface area contributed by atoms with Gasteiger partial charge in [0.2, 0.25) is 5.88 Å². The van der Waals surface area contributed by atoms with Gasteiger partial charge in [0.05, 0.1) is 12.6 Å². The van der Waals surface area contributed by atoms with Crippen molar-refractivity contribution >= 4 is 15.9 Å². The summed E-state index contributed by atoms with van der Waals surface area (Å²) in [6.07, 6.45) is 1.86. The third-order valence-electron chi connectivity index (χ3n) is 2.44. The van der Waals surface area contributed by atoms with E-state index in [4.69, 9.17) is 9.15 Å². The second-order valence-electron chi connectivity index (χ2n) is 4.44. The maximum Gasteiger partial charge on any atom is 0.218 e. The van der Waals surface area contributed by atoms with Gasteiger partial charge in [-0.1, -0.05) is 6.07 Å². The molecule has 0 atom stereocenters. The molecule has 0 aliphatic carbocycles. The average molecular weight is 325 g/mol. The van der Waals surface area contributed by atoms with Crippen molar-refractivity contribution in [3.05, 3.63) is 46.5 Å². The Hall–Kier alpha value is -1.33. The molecule has 0 saturated heterocycles. The van der Waals surface area contributed by atoms with E-state index in [-0.39, 0.29) is 6.10 Å². The molecule has 0 aliphatic heterocycles. The van der Waals surface area contributed by atoms with E-state index >= 15 is 0 Å². The number of nitrogens with zero attached hydrogens (tertiary/aromatic N) is 1. The van der Waals surface area contributed by atoms with Crippen molar-refractivity contribution in [3.63, 3.8) is 0 Å². The molecule has 0 aromatic carbocycles. The van der Waals surface area contributed by atoms with E-state index < -0.39 is 0 Å². The number of pyridine rings is 1. The third-order valence-corrected chi connectivity index (χ3v) is 2.87. The summed E-state index contributed by atoms with van der Waals surface area (Å²) in [6, 6.07) is 7.74. The molecule has 2 rings (SSSR count). The summed E-state index contributed by atoms with van der Waals surface area (Å²) in [6.45, 7) is 5.34. The van der Waals surface area contributed by atoms with E-state index in [1.54, 1.807) is 6.20 Å². The molecule has 102 valence electrons. The van der Waals surface area contributed by atoms with Crippen molar-refractivity contribution in [2.45, 2.75) is 33.0 Å². The molecule has 0 aliphatic rings. The molecule has 0 unspecified atom stereocenters. The van der Waals surface area contributed by atoms with Crippen LogP contribution in [-0.2, 0) is 13.1 Å². The van der Waals surface area contributed by atoms with Gasteiger partial charge in [0.25, 0.3) is 0 Å². The molecule has 0 fully saturated rings. The lowest BCUT2D eigenvalue weighted by Gasteiger charge is -2.12. The van der Waals surface area contributed by atoms with Crippen LogP contribution in [0.2, 0.25) is 0 Å². The number of rotatable bonds is 6. The Morgan fingerprint density at radius 3 is 2.84 bits per heavy atom. The summed E-state index contributed by atoms with van der Waals surface area (Å²) >= 11 is 3.28. The molecule has 5 heteroatoms. The Bertz CT molecular complexity index is 526. The van der Waals surface area contributed by atoms with Crippen LogP contribution in [0, 0.1) is 0 Å². The Morgan fingerprint density at radius 1 is 1.32 bits per heavy atom. The van der Waals surface area contributed by atoms with Crippen molar-refractivity contribution in [2.75, 3.05) is 0 Å². The lowest BCUT2D eigenvalue weighted by molar-refractivity contribution is 0.229. The van der Waals surface area contributed by atoms with Crippen LogP contribution in [0.15, 0.2) is 39.5 Å². The Kier molecular flexibility index (Phi) is 4.99. The Morgan fingerprint density at radius 2 is 2.16 bits per heavy atom. The molecule has 4 nitrogen and oxygen atoms in total. The normalized spacial score (nSPS) is 10.9. The van der Waals surface area contributed by atoms with Crippen LogP contribution < -0.4 is 10.1 Å². The van der Waals surface area contributed by atoms with Gasteiger partial charge in [-0.25, -0.2) is 4.98 Å². The van der Waals surface area contributed by atoms with Crippen molar-refractivity contribution in [2.24, 2.45) is 0 Å². The quantitative estimate of drug-likeness (QED) is 0.883. The summed E-state index contributed by atoms with van der Waals surface area (Å²) in [4.78, 5) is 4.26. The summed E-state index contributed by atoms with van der Waals surface area (Å²) < 4.78 is 11.8. The molecule has 0 bridgehead atoms. The zero-order valence-electron chi connectivity index (χ0n) is 11.0. The first-order valence-corrected chi connectivity index (χ1v) is 7.00. The highest BCUT2D eigenvalue weighted by Gasteiger charge is 2.06. The molecule has 0 radical (unpaired) electrons. The van der Waals surface area contributed by atoms with Crippen LogP contribution in [0.25, 0.3) is 0 Å². The molecule has 2 aromatic heterocycles. The number of aromatic nitrogens is 1. The molecular weight excluding hydrogens is 308 g/mol. The number of furan rings is 1. The van der Waals surface area contributed by atoms with E-state index in [9.17, 15) is 0 Å². The van der Waals surface area contributed by atoms with E-state index in [1.165, 1.54) is 0 Å². The van der Waals surface area contributed by atoms with Crippen molar-refractivity contribution in [1.29, 1.82) is 0 Å². The number of halogens is 1. The van der Waals surface area contributed by atoms with Crippen molar-refractivity contribution in [1.82, 2.24) is 10.3 Å². The van der Waals surface area contributed by atoms with Gasteiger partial charge in [-0.05, 0) is 48.0 Å². The highest BCUT2D eigenvalue weighted by Crippen LogP contribution is 2.17. The largest absolute Gasteiger partial charge is 0.475 e. The van der Waals surface area contributed by atoms with Gasteiger partial charge in [-0.15, -0.1) is 0 Å². The monoisotopic (exact) mass is 324 g/mol. The number of ether oxygens (including phenoxy) is 1. The average Bonchev–Trinajstić information content (AvgIpc) is 2.77. The standard InChI is InChI=1S/C14H17BrN2O2/c1-10(2)18-14-11(4-3-7-17-14)8-16-9-12-5-6-13(15)19-12/h3-7,10,16H,8-9H2,1-2H3. The maximum absolute atomic E-state index is 5.67. The lowest BCUT2D eigenvalue weighted by atomic mass is 10.2. The van der Waals surface area contributed by atoms with Crippen LogP contribution in [0.4, 0.5) is 0 Å². The van der Waals surface area contributed by atoms with Gasteiger partial charge in [0.15, 0.2) is 4.67 Å². The summed E-state index contributed by atoms with van der Waals surface area (Å²) in [7, 11) is 0. The van der Waals surface area contributed by atoms with Crippen LogP contribution >= 0.6 is 15.9 Å². The Labute approximate surface area is 121 Å². The molecule has 0 saturated carbocycles. The topological polar surface area (TPSA) is 47.3 Å². The highest BCUT2D eigenvalue weighted by atomic mass is 79.9. The molecule has 2 aromatic rings. The first kappa shape index (κ1) is 14.1. The van der Waals surface area contributed by atoms with E-state index in [0.29, 0.717) is 19.0 Å². The predicted octanol–water partition coefficient (Wildman–Crippen LogP) is 3.51. The second kappa shape index (κ2) is 6.73. The fraction of sp³-hybridized carbons (Fsp3) is 0.357. The number of hydrogen-bond donors (Lipinski definition) is 1. The first-order valence-electron chi connectivity index (χ1n) is 6.20. The van der Waals surface area contributed by atoms with Gasteiger partial charge in [-0.3, -0.25) is 0 Å². The molecule has 0 amide bonds. The predicted molar refractivity (Wildman–Crippen MR) is 77.0 cm³/mol. The fourth-order valence-electron chi connectivity index (χ4n) is 1.66. The highest BCUT2D eigenvalue weighted by molar-refractivity contribution is 9.10. The number of nitrogens with one attached hydrogen (secondary N) is 1. The minimum absolute atomic E-state index is 0.120. The summed E-state index contributed by atoms with van der Waals surface area (Å²) in [5.74, 6) is 1.58. The Balaban J connectivity index is 1.92.